The third kappa shape index (κ3) is 5.30. The number of methoxy groups -OCH3 is 1. The Morgan fingerprint density at radius 3 is 2.59 bits per heavy atom. The number of nitrogens with one attached hydrogen (secondary N) is 1. The summed E-state index contributed by atoms with van der Waals surface area (Å²) in [4.78, 5) is 4.99. The lowest BCUT2D eigenvalue weighted by atomic mass is 10.2. The number of anilines is 3. The van der Waals surface area contributed by atoms with E-state index in [2.05, 4.69) is 40.2 Å². The second kappa shape index (κ2) is 9.51. The van der Waals surface area contributed by atoms with Gasteiger partial charge >= 0.3 is 0 Å². The molecular weight excluding hydrogens is 336 g/mol. The molecule has 0 aromatic heterocycles. The number of aryl methyl sites for hydroxylation is 1. The number of rotatable bonds is 8. The molecule has 1 saturated heterocycles. The summed E-state index contributed by atoms with van der Waals surface area (Å²) in [7, 11) is 1.74. The van der Waals surface area contributed by atoms with Crippen LogP contribution < -0.4 is 20.7 Å². The number of piperazine rings is 1. The third-order valence-electron chi connectivity index (χ3n) is 5.22. The molecule has 2 aromatic rings. The van der Waals surface area contributed by atoms with E-state index in [0.29, 0.717) is 0 Å². The highest BCUT2D eigenvalue weighted by Gasteiger charge is 2.18. The number of nitrogen functional groups attached to an aromatic ring is 1. The highest BCUT2D eigenvalue weighted by Crippen LogP contribution is 2.28. The molecule has 1 aliphatic rings. The lowest BCUT2D eigenvalue weighted by molar-refractivity contribution is 0.253. The molecule has 5 heteroatoms. The van der Waals surface area contributed by atoms with Gasteiger partial charge in [-0.25, -0.2) is 0 Å². The summed E-state index contributed by atoms with van der Waals surface area (Å²) in [6.07, 6.45) is 2.35. The van der Waals surface area contributed by atoms with E-state index in [1.807, 2.05) is 24.3 Å². The zero-order chi connectivity index (χ0) is 19.1. The fraction of sp³-hybridized carbons (Fsp3) is 0.455. The smallest absolute Gasteiger partial charge is 0.142 e. The largest absolute Gasteiger partial charge is 0.495 e. The Hall–Kier alpha value is -2.40. The number of hydrogen-bond donors (Lipinski definition) is 2. The zero-order valence-electron chi connectivity index (χ0n) is 16.6. The molecule has 0 amide bonds. The molecule has 0 radical (unpaired) electrons. The molecule has 3 N–H and O–H groups in total. The van der Waals surface area contributed by atoms with Crippen molar-refractivity contribution in [3.63, 3.8) is 0 Å². The maximum Gasteiger partial charge on any atom is 0.142 e. The fourth-order valence-electron chi connectivity index (χ4n) is 3.61. The van der Waals surface area contributed by atoms with Gasteiger partial charge in [-0.05, 0) is 56.1 Å². The number of unbranched alkanes of at least 4 members (excludes halogenated alkanes) is 1. The van der Waals surface area contributed by atoms with E-state index in [9.17, 15) is 0 Å². The minimum absolute atomic E-state index is 0.827. The second-order valence-electron chi connectivity index (χ2n) is 7.23. The lowest BCUT2D eigenvalue weighted by Crippen LogP contribution is -2.46. The van der Waals surface area contributed by atoms with Crippen molar-refractivity contribution in [3.8, 4) is 5.75 Å². The summed E-state index contributed by atoms with van der Waals surface area (Å²) in [6.45, 7) is 8.54. The number of benzene rings is 2. The standard InChI is InChI=1S/C22H32N4O/c1-18-9-10-19(23)20(17-18)24-11-5-6-12-25-13-15-26(16-14-25)21-7-3-4-8-22(21)27-2/h3-4,7-10,17,24H,5-6,11-16,23H2,1-2H3. The highest BCUT2D eigenvalue weighted by atomic mass is 16.5. The van der Waals surface area contributed by atoms with Crippen LogP contribution in [0.2, 0.25) is 0 Å². The van der Waals surface area contributed by atoms with E-state index in [1.54, 1.807) is 7.11 Å². The third-order valence-corrected chi connectivity index (χ3v) is 5.22. The molecule has 3 rings (SSSR count). The Labute approximate surface area is 163 Å². The number of para-hydroxylation sites is 2. The van der Waals surface area contributed by atoms with Crippen LogP contribution in [0.5, 0.6) is 5.75 Å². The van der Waals surface area contributed by atoms with E-state index in [0.717, 1.165) is 62.8 Å². The quantitative estimate of drug-likeness (QED) is 0.551. The second-order valence-corrected chi connectivity index (χ2v) is 7.23. The van der Waals surface area contributed by atoms with Crippen LogP contribution >= 0.6 is 0 Å². The number of nitrogens with zero attached hydrogens (tertiary/aromatic N) is 2. The summed E-state index contributed by atoms with van der Waals surface area (Å²) in [5.74, 6) is 0.965. The molecule has 1 heterocycles. The Bertz CT molecular complexity index is 726. The van der Waals surface area contributed by atoms with E-state index < -0.39 is 0 Å². The molecule has 1 aliphatic heterocycles. The maximum atomic E-state index is 6.02. The van der Waals surface area contributed by atoms with Gasteiger partial charge in [-0.1, -0.05) is 18.2 Å². The van der Waals surface area contributed by atoms with Crippen molar-refractivity contribution in [2.24, 2.45) is 0 Å². The van der Waals surface area contributed by atoms with Crippen molar-refractivity contribution >= 4 is 17.1 Å². The molecule has 0 atom stereocenters. The molecule has 0 aliphatic carbocycles. The van der Waals surface area contributed by atoms with Crippen LogP contribution in [0.4, 0.5) is 17.1 Å². The fourth-order valence-corrected chi connectivity index (χ4v) is 3.61. The van der Waals surface area contributed by atoms with E-state index in [4.69, 9.17) is 10.5 Å². The maximum absolute atomic E-state index is 6.02. The molecule has 2 aromatic carbocycles. The Balaban J connectivity index is 1.36. The van der Waals surface area contributed by atoms with Gasteiger partial charge in [-0.2, -0.15) is 0 Å². The Kier molecular flexibility index (Phi) is 6.82. The first-order chi connectivity index (χ1) is 13.2. The van der Waals surface area contributed by atoms with Gasteiger partial charge in [-0.15, -0.1) is 0 Å². The van der Waals surface area contributed by atoms with Gasteiger partial charge in [-0.3, -0.25) is 4.90 Å². The van der Waals surface area contributed by atoms with Crippen LogP contribution in [-0.4, -0.2) is 51.3 Å². The van der Waals surface area contributed by atoms with Crippen molar-refractivity contribution in [2.75, 3.05) is 62.3 Å². The van der Waals surface area contributed by atoms with Gasteiger partial charge < -0.3 is 20.7 Å². The lowest BCUT2D eigenvalue weighted by Gasteiger charge is -2.36. The average Bonchev–Trinajstić information content (AvgIpc) is 2.70. The van der Waals surface area contributed by atoms with E-state index in [1.165, 1.54) is 17.7 Å². The van der Waals surface area contributed by atoms with Crippen LogP contribution in [0.15, 0.2) is 42.5 Å². The number of hydrogen-bond acceptors (Lipinski definition) is 5. The summed E-state index contributed by atoms with van der Waals surface area (Å²) in [6, 6.07) is 14.4. The van der Waals surface area contributed by atoms with Crippen molar-refractivity contribution in [2.45, 2.75) is 19.8 Å². The SMILES string of the molecule is COc1ccccc1N1CCN(CCCCNc2cc(C)ccc2N)CC1. The van der Waals surface area contributed by atoms with Gasteiger partial charge in [0.05, 0.1) is 24.2 Å². The first-order valence-corrected chi connectivity index (χ1v) is 9.87. The number of ether oxygens (including phenoxy) is 1. The molecule has 146 valence electrons. The van der Waals surface area contributed by atoms with Crippen LogP contribution in [0.25, 0.3) is 0 Å². The molecule has 0 spiro atoms. The van der Waals surface area contributed by atoms with Gasteiger partial charge in [0.1, 0.15) is 5.75 Å². The molecule has 0 bridgehead atoms. The molecule has 1 fully saturated rings. The first kappa shape index (κ1) is 19.4. The molecular formula is C22H32N4O. The molecule has 27 heavy (non-hydrogen) atoms. The van der Waals surface area contributed by atoms with Crippen LogP contribution in [-0.2, 0) is 0 Å². The van der Waals surface area contributed by atoms with E-state index >= 15 is 0 Å². The highest BCUT2D eigenvalue weighted by molar-refractivity contribution is 5.66. The normalized spacial score (nSPS) is 15.0. The van der Waals surface area contributed by atoms with Crippen LogP contribution in [0, 0.1) is 6.92 Å². The first-order valence-electron chi connectivity index (χ1n) is 9.87. The predicted molar refractivity (Wildman–Crippen MR) is 115 cm³/mol. The summed E-state index contributed by atoms with van der Waals surface area (Å²) >= 11 is 0. The van der Waals surface area contributed by atoms with Crippen LogP contribution in [0.1, 0.15) is 18.4 Å². The average molecular weight is 369 g/mol. The summed E-state index contributed by atoms with van der Waals surface area (Å²) in [5, 5.41) is 3.47. The van der Waals surface area contributed by atoms with Gasteiger partial charge in [0.25, 0.3) is 0 Å². The minimum atomic E-state index is 0.827. The van der Waals surface area contributed by atoms with Crippen molar-refractivity contribution in [1.82, 2.24) is 4.90 Å². The topological polar surface area (TPSA) is 53.8 Å². The van der Waals surface area contributed by atoms with Gasteiger partial charge in [0.2, 0.25) is 0 Å². The summed E-state index contributed by atoms with van der Waals surface area (Å²) in [5.41, 5.74) is 10.3. The Morgan fingerprint density at radius 2 is 1.81 bits per heavy atom. The van der Waals surface area contributed by atoms with Gasteiger partial charge in [0, 0.05) is 32.7 Å². The zero-order valence-corrected chi connectivity index (χ0v) is 16.6. The van der Waals surface area contributed by atoms with Crippen LogP contribution in [0.3, 0.4) is 0 Å². The Morgan fingerprint density at radius 1 is 1.04 bits per heavy atom. The van der Waals surface area contributed by atoms with Crippen molar-refractivity contribution < 1.29 is 4.74 Å². The minimum Gasteiger partial charge on any atom is -0.495 e. The van der Waals surface area contributed by atoms with Gasteiger partial charge in [0.15, 0.2) is 0 Å². The van der Waals surface area contributed by atoms with Crippen molar-refractivity contribution in [1.29, 1.82) is 0 Å². The molecule has 0 unspecified atom stereocenters. The predicted octanol–water partition coefficient (Wildman–Crippen LogP) is 3.60. The van der Waals surface area contributed by atoms with E-state index in [-0.39, 0.29) is 0 Å². The number of nitrogens with two attached hydrogens (primary N) is 1. The molecule has 0 saturated carbocycles. The monoisotopic (exact) mass is 368 g/mol. The summed E-state index contributed by atoms with van der Waals surface area (Å²) < 4.78 is 5.50. The van der Waals surface area contributed by atoms with Crippen molar-refractivity contribution in [3.05, 3.63) is 48.0 Å². The molecule has 5 nitrogen and oxygen atoms in total.